The van der Waals surface area contributed by atoms with E-state index in [1.807, 2.05) is 31.3 Å². The lowest BCUT2D eigenvalue weighted by Crippen LogP contribution is -2.32. The van der Waals surface area contributed by atoms with Gasteiger partial charge in [-0.2, -0.15) is 0 Å². The Balaban J connectivity index is 0.000000198. The lowest BCUT2D eigenvalue weighted by molar-refractivity contribution is -0.107. The first-order valence-electron chi connectivity index (χ1n) is 12.2. The highest BCUT2D eigenvalue weighted by molar-refractivity contribution is 8.03. The van der Waals surface area contributed by atoms with Crippen LogP contribution in [0, 0.1) is 0 Å². The van der Waals surface area contributed by atoms with E-state index in [-0.39, 0.29) is 0 Å². The fourth-order valence-electron chi connectivity index (χ4n) is 3.48. The normalized spacial score (nSPS) is 15.5. The SMILES string of the molecule is CCCNCCC.CNC1NC(c2ccc3c(c2)CCN3)=CS1.O=CCCc1ccc(S)cc1. The topological polar surface area (TPSA) is 65.2 Å². The van der Waals surface area contributed by atoms with Gasteiger partial charge >= 0.3 is 0 Å². The maximum atomic E-state index is 10.0. The predicted molar refractivity (Wildman–Crippen MR) is 152 cm³/mol. The third-order valence-corrected chi connectivity index (χ3v) is 6.63. The van der Waals surface area contributed by atoms with Crippen LogP contribution in [0.3, 0.4) is 0 Å². The summed E-state index contributed by atoms with van der Waals surface area (Å²) in [5.74, 6) is 0. The highest BCUT2D eigenvalue weighted by Crippen LogP contribution is 2.30. The van der Waals surface area contributed by atoms with Crippen LogP contribution in [0.2, 0.25) is 0 Å². The van der Waals surface area contributed by atoms with Gasteiger partial charge in [0.15, 0.2) is 0 Å². The largest absolute Gasteiger partial charge is 0.384 e. The smallest absolute Gasteiger partial charge is 0.129 e. The number of benzene rings is 2. The summed E-state index contributed by atoms with van der Waals surface area (Å²) >= 11 is 5.93. The van der Waals surface area contributed by atoms with Gasteiger partial charge in [-0.25, -0.2) is 0 Å². The van der Waals surface area contributed by atoms with Crippen LogP contribution in [-0.2, 0) is 17.6 Å². The number of thioether (sulfide) groups is 1. The Morgan fingerprint density at radius 3 is 2.47 bits per heavy atom. The molecule has 4 rings (SSSR count). The Morgan fingerprint density at radius 2 is 1.85 bits per heavy atom. The highest BCUT2D eigenvalue weighted by atomic mass is 32.2. The van der Waals surface area contributed by atoms with E-state index < -0.39 is 0 Å². The number of anilines is 1. The fourth-order valence-corrected chi connectivity index (χ4v) is 4.43. The monoisotopic (exact) mass is 500 g/mol. The molecule has 2 aromatic carbocycles. The quantitative estimate of drug-likeness (QED) is 0.183. The number of nitrogens with one attached hydrogen (secondary N) is 4. The molecule has 2 aliphatic heterocycles. The molecule has 0 spiro atoms. The number of carbonyl (C=O) groups excluding carboxylic acids is 1. The van der Waals surface area contributed by atoms with Crippen molar-refractivity contribution in [1.29, 1.82) is 0 Å². The van der Waals surface area contributed by atoms with Crippen molar-refractivity contribution in [3.05, 3.63) is 64.6 Å². The first-order valence-corrected chi connectivity index (χ1v) is 13.6. The first kappa shape index (κ1) is 28.3. The summed E-state index contributed by atoms with van der Waals surface area (Å²) in [6.45, 7) is 7.78. The zero-order valence-corrected chi connectivity index (χ0v) is 22.4. The Hall–Kier alpha value is -1.93. The molecule has 2 heterocycles. The van der Waals surface area contributed by atoms with Gasteiger partial charge in [-0.1, -0.05) is 43.8 Å². The van der Waals surface area contributed by atoms with E-state index in [0.29, 0.717) is 11.9 Å². The molecule has 1 unspecified atom stereocenters. The number of fused-ring (bicyclic) bond motifs is 1. The highest BCUT2D eigenvalue weighted by Gasteiger charge is 2.17. The summed E-state index contributed by atoms with van der Waals surface area (Å²) in [4.78, 5) is 11.0. The number of carbonyl (C=O) groups is 1. The van der Waals surface area contributed by atoms with E-state index in [0.717, 1.165) is 30.6 Å². The van der Waals surface area contributed by atoms with Crippen LogP contribution in [0.25, 0.3) is 5.70 Å². The molecular weight excluding hydrogens is 460 g/mol. The maximum absolute atomic E-state index is 10.0. The number of hydrogen-bond donors (Lipinski definition) is 5. The van der Waals surface area contributed by atoms with E-state index in [1.165, 1.54) is 54.0 Å². The summed E-state index contributed by atoms with van der Waals surface area (Å²) in [6, 6.07) is 14.5. The van der Waals surface area contributed by atoms with Gasteiger partial charge in [0.25, 0.3) is 0 Å². The van der Waals surface area contributed by atoms with Gasteiger partial charge in [0.1, 0.15) is 11.8 Å². The van der Waals surface area contributed by atoms with E-state index in [4.69, 9.17) is 0 Å². The standard InChI is InChI=1S/C12H15N3S.C9H10OS.C6H15N/c1-13-12-15-11(7-16-12)8-2-3-10-9(6-8)4-5-14-10;10-7-1-2-8-3-5-9(11)6-4-8;1-3-5-7-6-4-2/h2-3,6-7,12-15H,4-5H2,1H3;3-7,11H,1-2H2;7H,3-6H2,1-2H3. The molecule has 0 saturated carbocycles. The molecule has 0 saturated heterocycles. The zero-order valence-electron chi connectivity index (χ0n) is 20.7. The average molecular weight is 501 g/mol. The number of rotatable bonds is 9. The van der Waals surface area contributed by atoms with Crippen LogP contribution in [0.5, 0.6) is 0 Å². The van der Waals surface area contributed by atoms with Crippen LogP contribution >= 0.6 is 24.4 Å². The Morgan fingerprint density at radius 1 is 1.12 bits per heavy atom. The maximum Gasteiger partial charge on any atom is 0.129 e. The van der Waals surface area contributed by atoms with E-state index in [9.17, 15) is 4.79 Å². The van der Waals surface area contributed by atoms with Crippen molar-refractivity contribution >= 4 is 42.1 Å². The molecule has 7 heteroatoms. The molecule has 5 nitrogen and oxygen atoms in total. The van der Waals surface area contributed by atoms with Crippen molar-refractivity contribution in [2.75, 3.05) is 32.0 Å². The van der Waals surface area contributed by atoms with Gasteiger partial charge in [-0.15, -0.1) is 12.6 Å². The van der Waals surface area contributed by atoms with Gasteiger partial charge in [-0.3, -0.25) is 5.32 Å². The number of aryl methyl sites for hydroxylation is 1. The zero-order chi connectivity index (χ0) is 24.6. The third kappa shape index (κ3) is 10.1. The van der Waals surface area contributed by atoms with Gasteiger partial charge in [0, 0.05) is 29.2 Å². The first-order chi connectivity index (χ1) is 16.6. The second-order valence-corrected chi connectivity index (χ2v) is 9.65. The van der Waals surface area contributed by atoms with E-state index in [1.54, 1.807) is 11.8 Å². The fraction of sp³-hybridized carbons (Fsp3) is 0.444. The van der Waals surface area contributed by atoms with Gasteiger partial charge in [0.2, 0.25) is 0 Å². The average Bonchev–Trinajstić information content (AvgIpc) is 3.54. The molecule has 1 atom stereocenters. The molecule has 0 aromatic heterocycles. The molecular formula is C27H40N4OS2. The van der Waals surface area contributed by atoms with Gasteiger partial charge < -0.3 is 20.7 Å². The van der Waals surface area contributed by atoms with Crippen LogP contribution < -0.4 is 21.3 Å². The third-order valence-electron chi connectivity index (χ3n) is 5.34. The molecule has 2 aromatic rings. The van der Waals surface area contributed by atoms with Crippen molar-refractivity contribution in [1.82, 2.24) is 16.0 Å². The van der Waals surface area contributed by atoms with Crippen LogP contribution in [0.4, 0.5) is 5.69 Å². The minimum Gasteiger partial charge on any atom is -0.384 e. The number of thiol groups is 1. The molecule has 2 aliphatic rings. The van der Waals surface area contributed by atoms with Crippen molar-refractivity contribution < 1.29 is 4.79 Å². The van der Waals surface area contributed by atoms with Crippen LogP contribution in [-0.4, -0.2) is 38.5 Å². The van der Waals surface area contributed by atoms with Crippen molar-refractivity contribution in [3.8, 4) is 0 Å². The summed E-state index contributed by atoms with van der Waals surface area (Å²) in [7, 11) is 1.97. The molecule has 0 aliphatic carbocycles. The molecule has 0 bridgehead atoms. The summed E-state index contributed by atoms with van der Waals surface area (Å²) in [5.41, 5.74) is 6.72. The van der Waals surface area contributed by atoms with Crippen molar-refractivity contribution in [3.63, 3.8) is 0 Å². The second kappa shape index (κ2) is 16.7. The van der Waals surface area contributed by atoms with E-state index >= 15 is 0 Å². The van der Waals surface area contributed by atoms with Gasteiger partial charge in [-0.05, 0) is 92.2 Å². The molecule has 0 radical (unpaired) electrons. The number of aldehydes is 1. The van der Waals surface area contributed by atoms with Crippen molar-refractivity contribution in [2.24, 2.45) is 0 Å². The molecule has 186 valence electrons. The number of hydrogen-bond acceptors (Lipinski definition) is 7. The van der Waals surface area contributed by atoms with Crippen molar-refractivity contribution in [2.45, 2.75) is 56.3 Å². The Kier molecular flexibility index (Phi) is 13.9. The van der Waals surface area contributed by atoms with Crippen LogP contribution in [0.1, 0.15) is 49.8 Å². The van der Waals surface area contributed by atoms with E-state index in [2.05, 4.69) is 71.4 Å². The summed E-state index contributed by atoms with van der Waals surface area (Å²) in [6.07, 6.45) is 6.01. The van der Waals surface area contributed by atoms with Gasteiger partial charge in [0.05, 0.1) is 0 Å². The minimum atomic E-state index is 0.307. The summed E-state index contributed by atoms with van der Waals surface area (Å²) in [5, 5.41) is 15.5. The Labute approximate surface area is 215 Å². The second-order valence-electron chi connectivity index (χ2n) is 8.15. The van der Waals surface area contributed by atoms with Crippen LogP contribution in [0.15, 0.2) is 52.8 Å². The molecule has 34 heavy (non-hydrogen) atoms. The molecule has 0 fully saturated rings. The minimum absolute atomic E-state index is 0.307. The lowest BCUT2D eigenvalue weighted by Gasteiger charge is -2.12. The molecule has 0 amide bonds. The Bertz CT molecular complexity index is 883. The molecule has 4 N–H and O–H groups in total. The predicted octanol–water partition coefficient (Wildman–Crippen LogP) is 5.30. The summed E-state index contributed by atoms with van der Waals surface area (Å²) < 4.78 is 0. The lowest BCUT2D eigenvalue weighted by atomic mass is 10.1.